The minimum atomic E-state index is -0.374. The molecule has 19 heavy (non-hydrogen) atoms. The molecule has 1 aromatic carbocycles. The van der Waals surface area contributed by atoms with Crippen LogP contribution >= 0.6 is 11.6 Å². The van der Waals surface area contributed by atoms with Crippen LogP contribution in [0.1, 0.15) is 0 Å². The Morgan fingerprint density at radius 3 is 2.74 bits per heavy atom. The molecule has 0 aliphatic carbocycles. The van der Waals surface area contributed by atoms with Crippen molar-refractivity contribution < 1.29 is 13.3 Å². The Kier molecular flexibility index (Phi) is 2.76. The van der Waals surface area contributed by atoms with E-state index in [1.54, 1.807) is 24.3 Å². The maximum absolute atomic E-state index is 13.3. The van der Waals surface area contributed by atoms with Crippen LogP contribution in [0.4, 0.5) is 10.3 Å². The van der Waals surface area contributed by atoms with Crippen LogP contribution in [0, 0.1) is 5.82 Å². The smallest absolute Gasteiger partial charge is 0.230 e. The molecule has 3 rings (SSSR count). The number of anilines is 1. The molecule has 0 saturated heterocycles. The van der Waals surface area contributed by atoms with Gasteiger partial charge in [0, 0.05) is 0 Å². The lowest BCUT2D eigenvalue weighted by Crippen LogP contribution is -1.87. The molecule has 3 aromatic rings. The molecule has 4 nitrogen and oxygen atoms in total. The monoisotopic (exact) mass is 278 g/mol. The molecule has 0 saturated carbocycles. The number of nitrogens with two attached hydrogens (primary N) is 1. The van der Waals surface area contributed by atoms with Crippen LogP contribution in [-0.2, 0) is 0 Å². The molecule has 2 N–H and O–H groups in total. The van der Waals surface area contributed by atoms with Gasteiger partial charge in [-0.05, 0) is 41.4 Å². The second kappa shape index (κ2) is 4.44. The second-order valence-electron chi connectivity index (χ2n) is 3.88. The Balaban J connectivity index is 2.19. The van der Waals surface area contributed by atoms with E-state index in [9.17, 15) is 4.39 Å². The number of halogens is 2. The van der Waals surface area contributed by atoms with Gasteiger partial charge in [0.2, 0.25) is 5.88 Å². The van der Waals surface area contributed by atoms with E-state index in [2.05, 4.69) is 5.16 Å². The molecule has 0 bridgehead atoms. The standard InChI is InChI=1S/C13H8ClFN2O2/c14-10-5-4-9(18-10)12-11(13(16)19-17-12)7-2-1-3-8(15)6-7/h1-6H,16H2. The van der Waals surface area contributed by atoms with Crippen LogP contribution in [0.25, 0.3) is 22.6 Å². The molecule has 0 aliphatic heterocycles. The molecule has 0 unspecified atom stereocenters. The minimum absolute atomic E-state index is 0.0909. The highest BCUT2D eigenvalue weighted by Gasteiger charge is 2.20. The maximum Gasteiger partial charge on any atom is 0.230 e. The highest BCUT2D eigenvalue weighted by atomic mass is 35.5. The zero-order chi connectivity index (χ0) is 13.4. The van der Waals surface area contributed by atoms with Crippen molar-refractivity contribution in [1.29, 1.82) is 0 Å². The summed E-state index contributed by atoms with van der Waals surface area (Å²) in [5.74, 6) is 0.124. The fraction of sp³-hybridized carbons (Fsp3) is 0. The first-order valence-electron chi connectivity index (χ1n) is 5.42. The molecule has 0 atom stereocenters. The van der Waals surface area contributed by atoms with Crippen molar-refractivity contribution in [3.05, 3.63) is 47.4 Å². The van der Waals surface area contributed by atoms with Gasteiger partial charge in [0.05, 0.1) is 5.56 Å². The largest absolute Gasteiger partial charge is 0.443 e. The SMILES string of the molecule is Nc1onc(-c2ccc(Cl)o2)c1-c1cccc(F)c1. The lowest BCUT2D eigenvalue weighted by atomic mass is 10.0. The zero-order valence-electron chi connectivity index (χ0n) is 9.56. The van der Waals surface area contributed by atoms with Gasteiger partial charge in [-0.3, -0.25) is 0 Å². The van der Waals surface area contributed by atoms with Crippen LogP contribution < -0.4 is 5.73 Å². The van der Waals surface area contributed by atoms with Crippen LogP contribution in [-0.4, -0.2) is 5.16 Å². The third-order valence-corrected chi connectivity index (χ3v) is 2.84. The molecule has 0 amide bonds. The van der Waals surface area contributed by atoms with Gasteiger partial charge < -0.3 is 14.7 Å². The van der Waals surface area contributed by atoms with Crippen molar-refractivity contribution >= 4 is 17.5 Å². The molecule has 6 heteroatoms. The van der Waals surface area contributed by atoms with Crippen molar-refractivity contribution in [3.63, 3.8) is 0 Å². The molecular weight excluding hydrogens is 271 g/mol. The average Bonchev–Trinajstić information content (AvgIpc) is 2.95. The normalized spacial score (nSPS) is 10.8. The first kappa shape index (κ1) is 11.8. The summed E-state index contributed by atoms with van der Waals surface area (Å²) in [4.78, 5) is 0. The Bertz CT molecular complexity index is 736. The fourth-order valence-corrected chi connectivity index (χ4v) is 1.98. The Hall–Kier alpha value is -2.27. The predicted octanol–water partition coefficient (Wildman–Crippen LogP) is 3.98. The van der Waals surface area contributed by atoms with Gasteiger partial charge in [0.1, 0.15) is 5.82 Å². The van der Waals surface area contributed by atoms with Crippen LogP contribution in [0.15, 0.2) is 45.3 Å². The van der Waals surface area contributed by atoms with Crippen LogP contribution in [0.3, 0.4) is 0 Å². The number of benzene rings is 1. The van der Waals surface area contributed by atoms with Crippen molar-refractivity contribution in [3.8, 4) is 22.6 Å². The number of rotatable bonds is 2. The minimum Gasteiger partial charge on any atom is -0.443 e. The maximum atomic E-state index is 13.3. The number of nitrogens with zero attached hydrogens (tertiary/aromatic N) is 1. The third-order valence-electron chi connectivity index (χ3n) is 2.64. The van der Waals surface area contributed by atoms with E-state index in [0.29, 0.717) is 22.6 Å². The first-order valence-corrected chi connectivity index (χ1v) is 5.80. The number of furan rings is 1. The van der Waals surface area contributed by atoms with Gasteiger partial charge in [0.25, 0.3) is 0 Å². The number of aromatic nitrogens is 1. The van der Waals surface area contributed by atoms with Gasteiger partial charge in [-0.2, -0.15) is 0 Å². The molecule has 0 fully saturated rings. The molecule has 0 spiro atoms. The van der Waals surface area contributed by atoms with Crippen LogP contribution in [0.2, 0.25) is 5.22 Å². The summed E-state index contributed by atoms with van der Waals surface area (Å²) >= 11 is 5.72. The average molecular weight is 279 g/mol. The highest BCUT2D eigenvalue weighted by molar-refractivity contribution is 6.29. The Morgan fingerprint density at radius 1 is 1.21 bits per heavy atom. The van der Waals surface area contributed by atoms with E-state index < -0.39 is 0 Å². The third kappa shape index (κ3) is 2.08. The quantitative estimate of drug-likeness (QED) is 0.770. The van der Waals surface area contributed by atoms with Gasteiger partial charge in [-0.1, -0.05) is 17.3 Å². The molecule has 2 heterocycles. The summed E-state index contributed by atoms with van der Waals surface area (Å²) in [6, 6.07) is 9.20. The Labute approximate surface area is 112 Å². The van der Waals surface area contributed by atoms with Gasteiger partial charge in [-0.15, -0.1) is 0 Å². The summed E-state index contributed by atoms with van der Waals surface area (Å²) < 4.78 is 23.5. The number of nitrogen functional groups attached to an aromatic ring is 1. The van der Waals surface area contributed by atoms with Gasteiger partial charge >= 0.3 is 0 Å². The molecule has 0 aliphatic rings. The Morgan fingerprint density at radius 2 is 2.05 bits per heavy atom. The second-order valence-corrected chi connectivity index (χ2v) is 4.26. The van der Waals surface area contributed by atoms with Crippen LogP contribution in [0.5, 0.6) is 0 Å². The molecular formula is C13H8ClFN2O2. The van der Waals surface area contributed by atoms with Gasteiger partial charge in [-0.25, -0.2) is 4.39 Å². The van der Waals surface area contributed by atoms with E-state index in [4.69, 9.17) is 26.3 Å². The van der Waals surface area contributed by atoms with Crippen molar-refractivity contribution in [2.75, 3.05) is 5.73 Å². The van der Waals surface area contributed by atoms with Crippen molar-refractivity contribution in [2.24, 2.45) is 0 Å². The van der Waals surface area contributed by atoms with Gasteiger partial charge in [0.15, 0.2) is 16.7 Å². The summed E-state index contributed by atoms with van der Waals surface area (Å²) in [6.45, 7) is 0. The first-order chi connectivity index (χ1) is 9.15. The van der Waals surface area contributed by atoms with E-state index in [0.717, 1.165) is 0 Å². The molecule has 96 valence electrons. The summed E-state index contributed by atoms with van der Waals surface area (Å²) in [5.41, 5.74) is 7.16. The lowest BCUT2D eigenvalue weighted by molar-refractivity contribution is 0.436. The summed E-state index contributed by atoms with van der Waals surface area (Å²) in [6.07, 6.45) is 0. The molecule has 2 aromatic heterocycles. The molecule has 0 radical (unpaired) electrons. The zero-order valence-corrected chi connectivity index (χ0v) is 10.3. The lowest BCUT2D eigenvalue weighted by Gasteiger charge is -2.00. The number of hydrogen-bond donors (Lipinski definition) is 1. The van der Waals surface area contributed by atoms with E-state index in [1.807, 2.05) is 0 Å². The summed E-state index contributed by atoms with van der Waals surface area (Å²) in [7, 11) is 0. The topological polar surface area (TPSA) is 65.2 Å². The van der Waals surface area contributed by atoms with Crippen molar-refractivity contribution in [2.45, 2.75) is 0 Å². The predicted molar refractivity (Wildman–Crippen MR) is 69.0 cm³/mol. The van der Waals surface area contributed by atoms with E-state index >= 15 is 0 Å². The highest BCUT2D eigenvalue weighted by Crippen LogP contribution is 2.37. The van der Waals surface area contributed by atoms with E-state index in [1.165, 1.54) is 12.1 Å². The van der Waals surface area contributed by atoms with E-state index in [-0.39, 0.29) is 16.9 Å². The van der Waals surface area contributed by atoms with Crippen molar-refractivity contribution in [1.82, 2.24) is 5.16 Å². The fourth-order valence-electron chi connectivity index (χ4n) is 1.84. The summed E-state index contributed by atoms with van der Waals surface area (Å²) in [5, 5.41) is 4.05. The number of hydrogen-bond acceptors (Lipinski definition) is 4.